The fourth-order valence-electron chi connectivity index (χ4n) is 4.44. The monoisotopic (exact) mass is 421 g/mol. The second-order valence-electron chi connectivity index (χ2n) is 8.56. The minimum absolute atomic E-state index is 0.0733. The molecule has 1 aliphatic rings. The molecule has 1 unspecified atom stereocenters. The van der Waals surface area contributed by atoms with E-state index in [0.717, 1.165) is 24.1 Å². The van der Waals surface area contributed by atoms with E-state index in [9.17, 15) is 10.1 Å². The molecule has 0 aliphatic carbocycles. The van der Waals surface area contributed by atoms with Crippen molar-refractivity contribution in [2.45, 2.75) is 52.5 Å². The van der Waals surface area contributed by atoms with Crippen molar-refractivity contribution in [3.8, 4) is 6.07 Å². The fraction of sp³-hybridized carbons (Fsp3) is 0.360. The van der Waals surface area contributed by atoms with Crippen LogP contribution in [-0.2, 0) is 4.79 Å². The third-order valence-corrected chi connectivity index (χ3v) is 6.11. The summed E-state index contributed by atoms with van der Waals surface area (Å²) < 4.78 is 0. The first-order chi connectivity index (χ1) is 14.2. The first-order valence-corrected chi connectivity index (χ1v) is 10.6. The van der Waals surface area contributed by atoms with Gasteiger partial charge in [0.1, 0.15) is 11.6 Å². The Kier molecular flexibility index (Phi) is 6.24. The molecule has 156 valence electrons. The van der Waals surface area contributed by atoms with Crippen LogP contribution < -0.4 is 10.2 Å². The van der Waals surface area contributed by atoms with E-state index in [2.05, 4.69) is 50.0 Å². The minimum atomic E-state index is -0.429. The molecule has 0 saturated heterocycles. The summed E-state index contributed by atoms with van der Waals surface area (Å²) in [5.41, 5.74) is 5.24. The van der Waals surface area contributed by atoms with Crippen LogP contribution in [0.2, 0.25) is 5.02 Å². The lowest BCUT2D eigenvalue weighted by molar-refractivity contribution is -0.112. The summed E-state index contributed by atoms with van der Waals surface area (Å²) in [7, 11) is 0. The number of halogens is 1. The van der Waals surface area contributed by atoms with Gasteiger partial charge in [-0.05, 0) is 99.2 Å². The van der Waals surface area contributed by atoms with Crippen LogP contribution in [0.1, 0.15) is 56.7 Å². The molecule has 0 aromatic heterocycles. The number of hydrogen-bond donors (Lipinski definition) is 1. The van der Waals surface area contributed by atoms with Crippen molar-refractivity contribution in [1.29, 1.82) is 5.26 Å². The van der Waals surface area contributed by atoms with Crippen molar-refractivity contribution < 1.29 is 4.79 Å². The Hall–Kier alpha value is -2.77. The smallest absolute Gasteiger partial charge is 0.266 e. The molecule has 0 bridgehead atoms. The maximum atomic E-state index is 12.6. The predicted octanol–water partition coefficient (Wildman–Crippen LogP) is 6.31. The van der Waals surface area contributed by atoms with E-state index in [1.807, 2.05) is 13.0 Å². The highest BCUT2D eigenvalue weighted by Gasteiger charge is 2.35. The topological polar surface area (TPSA) is 56.1 Å². The zero-order valence-electron chi connectivity index (χ0n) is 18.2. The van der Waals surface area contributed by atoms with Crippen molar-refractivity contribution in [3.63, 3.8) is 0 Å². The minimum Gasteiger partial charge on any atom is -0.366 e. The number of nitrogens with one attached hydrogen (secondary N) is 1. The standard InChI is InChI=1S/C25H28ClN3O/c1-6-29-23-11-16(2)18(13-22(23)17(3)14-25(29,4)5)12-19(15-27)24(30)28-21-9-7-20(26)8-10-21/h7-13,17H,6,14H2,1-5H3,(H,28,30)/b19-12-. The molecule has 5 heteroatoms. The maximum absolute atomic E-state index is 12.6. The molecule has 1 heterocycles. The Morgan fingerprint density at radius 3 is 2.60 bits per heavy atom. The van der Waals surface area contributed by atoms with Gasteiger partial charge in [0.2, 0.25) is 0 Å². The molecule has 0 spiro atoms. The van der Waals surface area contributed by atoms with Crippen LogP contribution in [0.4, 0.5) is 11.4 Å². The van der Waals surface area contributed by atoms with Gasteiger partial charge in [-0.15, -0.1) is 0 Å². The normalized spacial score (nSPS) is 17.8. The van der Waals surface area contributed by atoms with Gasteiger partial charge in [-0.1, -0.05) is 18.5 Å². The molecule has 3 rings (SSSR count). The van der Waals surface area contributed by atoms with E-state index in [1.165, 1.54) is 11.3 Å². The highest BCUT2D eigenvalue weighted by molar-refractivity contribution is 6.30. The summed E-state index contributed by atoms with van der Waals surface area (Å²) in [4.78, 5) is 15.1. The van der Waals surface area contributed by atoms with Gasteiger partial charge in [0, 0.05) is 28.5 Å². The van der Waals surface area contributed by atoms with Gasteiger partial charge in [0.05, 0.1) is 0 Å². The van der Waals surface area contributed by atoms with E-state index in [4.69, 9.17) is 11.6 Å². The average Bonchev–Trinajstić information content (AvgIpc) is 2.68. The quantitative estimate of drug-likeness (QED) is 0.465. The number of aryl methyl sites for hydroxylation is 1. The molecule has 1 N–H and O–H groups in total. The van der Waals surface area contributed by atoms with E-state index in [0.29, 0.717) is 16.6 Å². The number of carbonyl (C=O) groups excluding carboxylic acids is 1. The summed E-state index contributed by atoms with van der Waals surface area (Å²) in [5, 5.41) is 13.0. The van der Waals surface area contributed by atoms with Gasteiger partial charge in [-0.2, -0.15) is 5.26 Å². The van der Waals surface area contributed by atoms with E-state index < -0.39 is 5.91 Å². The Balaban J connectivity index is 1.96. The number of benzene rings is 2. The van der Waals surface area contributed by atoms with Gasteiger partial charge in [0.25, 0.3) is 5.91 Å². The molecule has 1 atom stereocenters. The number of hydrogen-bond acceptors (Lipinski definition) is 3. The molecule has 0 saturated carbocycles. The van der Waals surface area contributed by atoms with Crippen molar-refractivity contribution in [3.05, 3.63) is 63.7 Å². The summed E-state index contributed by atoms with van der Waals surface area (Å²) in [6, 6.07) is 13.2. The van der Waals surface area contributed by atoms with Crippen LogP contribution in [0.3, 0.4) is 0 Å². The molecule has 1 amide bonds. The van der Waals surface area contributed by atoms with Crippen molar-refractivity contribution >= 4 is 35.0 Å². The molecule has 1 aliphatic heterocycles. The molecule has 0 radical (unpaired) electrons. The number of fused-ring (bicyclic) bond motifs is 1. The number of anilines is 2. The van der Waals surface area contributed by atoms with Crippen LogP contribution in [0, 0.1) is 18.3 Å². The van der Waals surface area contributed by atoms with Crippen LogP contribution in [0.25, 0.3) is 6.08 Å². The van der Waals surface area contributed by atoms with Crippen molar-refractivity contribution in [1.82, 2.24) is 0 Å². The summed E-state index contributed by atoms with van der Waals surface area (Å²) in [6.07, 6.45) is 2.74. The molecule has 2 aromatic carbocycles. The van der Waals surface area contributed by atoms with Gasteiger partial charge >= 0.3 is 0 Å². The Labute approximate surface area is 184 Å². The van der Waals surface area contributed by atoms with Crippen LogP contribution in [0.5, 0.6) is 0 Å². The van der Waals surface area contributed by atoms with E-state index in [-0.39, 0.29) is 11.1 Å². The largest absolute Gasteiger partial charge is 0.366 e. The number of rotatable bonds is 4. The molecule has 0 fully saturated rings. The first-order valence-electron chi connectivity index (χ1n) is 10.3. The molecule has 30 heavy (non-hydrogen) atoms. The summed E-state index contributed by atoms with van der Waals surface area (Å²) in [6.45, 7) is 12.0. The number of amides is 1. The SMILES string of the molecule is CCN1c2cc(C)c(/C=C(/C#N)C(=O)Nc3ccc(Cl)cc3)cc2C(C)CC1(C)C. The third kappa shape index (κ3) is 4.37. The molecular weight excluding hydrogens is 394 g/mol. The second-order valence-corrected chi connectivity index (χ2v) is 9.00. The fourth-order valence-corrected chi connectivity index (χ4v) is 4.57. The van der Waals surface area contributed by atoms with Gasteiger partial charge in [-0.3, -0.25) is 4.79 Å². The predicted molar refractivity (Wildman–Crippen MR) is 125 cm³/mol. The zero-order chi connectivity index (χ0) is 22.1. The average molecular weight is 422 g/mol. The number of nitriles is 1. The van der Waals surface area contributed by atoms with Crippen LogP contribution >= 0.6 is 11.6 Å². The second kappa shape index (κ2) is 8.53. The zero-order valence-corrected chi connectivity index (χ0v) is 19.0. The van der Waals surface area contributed by atoms with Gasteiger partial charge in [0.15, 0.2) is 0 Å². The molecule has 4 nitrogen and oxygen atoms in total. The lowest BCUT2D eigenvalue weighted by Crippen LogP contribution is -2.48. The van der Waals surface area contributed by atoms with Crippen molar-refractivity contribution in [2.75, 3.05) is 16.8 Å². The maximum Gasteiger partial charge on any atom is 0.266 e. The first kappa shape index (κ1) is 21.9. The van der Waals surface area contributed by atoms with Gasteiger partial charge in [-0.25, -0.2) is 0 Å². The lowest BCUT2D eigenvalue weighted by atomic mass is 9.79. The van der Waals surface area contributed by atoms with Crippen molar-refractivity contribution in [2.24, 2.45) is 0 Å². The third-order valence-electron chi connectivity index (χ3n) is 5.86. The Morgan fingerprint density at radius 1 is 1.33 bits per heavy atom. The summed E-state index contributed by atoms with van der Waals surface area (Å²) in [5.74, 6) is -0.0275. The van der Waals surface area contributed by atoms with E-state index >= 15 is 0 Å². The lowest BCUT2D eigenvalue weighted by Gasteiger charge is -2.47. The van der Waals surface area contributed by atoms with E-state index in [1.54, 1.807) is 30.3 Å². The van der Waals surface area contributed by atoms with Crippen LogP contribution in [0.15, 0.2) is 42.0 Å². The van der Waals surface area contributed by atoms with Gasteiger partial charge < -0.3 is 10.2 Å². The molecular formula is C25H28ClN3O. The number of carbonyl (C=O) groups is 1. The highest BCUT2D eigenvalue weighted by atomic mass is 35.5. The highest BCUT2D eigenvalue weighted by Crippen LogP contribution is 2.44. The van der Waals surface area contributed by atoms with Crippen LogP contribution in [-0.4, -0.2) is 18.0 Å². The summed E-state index contributed by atoms with van der Waals surface area (Å²) >= 11 is 5.89. The molecule has 2 aromatic rings. The Bertz CT molecular complexity index is 1030. The Morgan fingerprint density at radius 2 is 2.00 bits per heavy atom. The number of nitrogens with zero attached hydrogens (tertiary/aromatic N) is 2.